The van der Waals surface area contributed by atoms with Gasteiger partial charge in [0.05, 0.1) is 0 Å². The molecule has 0 saturated heterocycles. The molecule has 1 fully saturated rings. The first kappa shape index (κ1) is 13.3. The Balaban J connectivity index is 1.80. The van der Waals surface area contributed by atoms with E-state index in [0.29, 0.717) is 0 Å². The summed E-state index contributed by atoms with van der Waals surface area (Å²) >= 11 is 0. The van der Waals surface area contributed by atoms with Crippen molar-refractivity contribution in [2.24, 2.45) is 17.8 Å². The van der Waals surface area contributed by atoms with E-state index in [4.69, 9.17) is 0 Å². The second-order valence-corrected chi connectivity index (χ2v) is 8.71. The van der Waals surface area contributed by atoms with Crippen LogP contribution >= 0.6 is 7.92 Å². The Labute approximate surface area is 128 Å². The van der Waals surface area contributed by atoms with Gasteiger partial charge in [0.15, 0.2) is 0 Å². The largest absolute Gasteiger partial charge is 0.0848 e. The molecule has 2 bridgehead atoms. The van der Waals surface area contributed by atoms with Gasteiger partial charge in [-0.3, -0.25) is 0 Å². The van der Waals surface area contributed by atoms with E-state index in [0.717, 1.165) is 23.4 Å². The van der Waals surface area contributed by atoms with Crippen LogP contribution in [0.25, 0.3) is 0 Å². The van der Waals surface area contributed by atoms with Gasteiger partial charge in [0.1, 0.15) is 0 Å². The van der Waals surface area contributed by atoms with E-state index in [1.54, 1.807) is 0 Å². The molecule has 0 nitrogen and oxygen atoms in total. The summed E-state index contributed by atoms with van der Waals surface area (Å²) in [6.07, 6.45) is 6.34. The quantitative estimate of drug-likeness (QED) is 0.583. The Hall–Kier alpha value is -1.39. The molecule has 2 aromatic carbocycles. The SMILES string of the molecule is CC1C2C=CC(C2)C1P(c1ccccc1)c1ccccc1. The van der Waals surface area contributed by atoms with E-state index < -0.39 is 0 Å². The number of hydrogen-bond donors (Lipinski definition) is 0. The molecular weight excluding hydrogens is 271 g/mol. The van der Waals surface area contributed by atoms with Crippen molar-refractivity contribution in [3.8, 4) is 0 Å². The first-order valence-corrected chi connectivity index (χ1v) is 9.33. The molecule has 4 rings (SSSR count). The maximum atomic E-state index is 2.50. The molecule has 0 aromatic heterocycles. The topological polar surface area (TPSA) is 0 Å². The molecule has 4 atom stereocenters. The van der Waals surface area contributed by atoms with Crippen LogP contribution in [0.15, 0.2) is 72.8 Å². The molecule has 21 heavy (non-hydrogen) atoms. The molecule has 0 N–H and O–H groups in total. The van der Waals surface area contributed by atoms with Crippen LogP contribution in [0, 0.1) is 17.8 Å². The number of hydrogen-bond acceptors (Lipinski definition) is 0. The van der Waals surface area contributed by atoms with Gasteiger partial charge in [-0.2, -0.15) is 0 Å². The zero-order valence-electron chi connectivity index (χ0n) is 12.4. The van der Waals surface area contributed by atoms with Crippen molar-refractivity contribution in [1.82, 2.24) is 0 Å². The van der Waals surface area contributed by atoms with Crippen LogP contribution in [0.4, 0.5) is 0 Å². The summed E-state index contributed by atoms with van der Waals surface area (Å²) in [7, 11) is -0.257. The van der Waals surface area contributed by atoms with Gasteiger partial charge in [-0.1, -0.05) is 79.7 Å². The summed E-state index contributed by atoms with van der Waals surface area (Å²) in [5, 5.41) is 3.08. The van der Waals surface area contributed by atoms with Crippen molar-refractivity contribution in [1.29, 1.82) is 0 Å². The zero-order valence-corrected chi connectivity index (χ0v) is 13.3. The maximum absolute atomic E-state index is 2.50. The normalized spacial score (nSPS) is 30.2. The third-order valence-electron chi connectivity index (χ3n) is 5.17. The fourth-order valence-electron chi connectivity index (χ4n) is 4.14. The lowest BCUT2D eigenvalue weighted by molar-refractivity contribution is 0.501. The van der Waals surface area contributed by atoms with E-state index in [9.17, 15) is 0 Å². The maximum Gasteiger partial charge on any atom is -0.00344 e. The molecule has 0 heterocycles. The second kappa shape index (κ2) is 5.43. The number of fused-ring (bicyclic) bond motifs is 2. The molecule has 0 aliphatic heterocycles. The van der Waals surface area contributed by atoms with Gasteiger partial charge in [0.2, 0.25) is 0 Å². The van der Waals surface area contributed by atoms with Crippen LogP contribution in [-0.2, 0) is 0 Å². The van der Waals surface area contributed by atoms with Gasteiger partial charge in [-0.15, -0.1) is 0 Å². The van der Waals surface area contributed by atoms with Crippen LogP contribution in [0.5, 0.6) is 0 Å². The standard InChI is InChI=1S/C20H21P/c1-15-16-12-13-17(14-16)20(15)21(18-8-4-2-5-9-18)19-10-6-3-7-11-19/h2-13,15-17,20H,14H2,1H3. The number of benzene rings is 2. The van der Waals surface area contributed by atoms with Crippen molar-refractivity contribution in [2.75, 3.05) is 0 Å². The van der Waals surface area contributed by atoms with Crippen LogP contribution < -0.4 is 10.6 Å². The molecular formula is C20H21P. The Morgan fingerprint density at radius 3 is 1.76 bits per heavy atom. The minimum atomic E-state index is -0.257. The predicted octanol–water partition coefficient (Wildman–Crippen LogP) is 4.33. The lowest BCUT2D eigenvalue weighted by atomic mass is 9.95. The average molecular weight is 292 g/mol. The molecule has 1 heteroatoms. The third-order valence-corrected chi connectivity index (χ3v) is 8.33. The van der Waals surface area contributed by atoms with E-state index in [2.05, 4.69) is 79.7 Å². The van der Waals surface area contributed by atoms with Gasteiger partial charge in [0, 0.05) is 0 Å². The molecule has 106 valence electrons. The van der Waals surface area contributed by atoms with Crippen molar-refractivity contribution in [3.05, 3.63) is 72.8 Å². The molecule has 2 aromatic rings. The molecule has 0 amide bonds. The lowest BCUT2D eigenvalue weighted by Crippen LogP contribution is -2.29. The summed E-state index contributed by atoms with van der Waals surface area (Å²) in [6.45, 7) is 2.47. The van der Waals surface area contributed by atoms with Gasteiger partial charge in [-0.25, -0.2) is 0 Å². The minimum Gasteiger partial charge on any atom is -0.0848 e. The number of allylic oxidation sites excluding steroid dienone is 2. The molecule has 2 aliphatic carbocycles. The Morgan fingerprint density at radius 2 is 1.29 bits per heavy atom. The van der Waals surface area contributed by atoms with Crippen LogP contribution in [-0.4, -0.2) is 5.66 Å². The van der Waals surface area contributed by atoms with Crippen molar-refractivity contribution in [3.63, 3.8) is 0 Å². The van der Waals surface area contributed by atoms with E-state index in [-0.39, 0.29) is 7.92 Å². The molecule has 1 saturated carbocycles. The summed E-state index contributed by atoms with van der Waals surface area (Å²) in [5.74, 6) is 2.42. The highest BCUT2D eigenvalue weighted by atomic mass is 31.1. The first-order valence-electron chi connectivity index (χ1n) is 7.92. The van der Waals surface area contributed by atoms with E-state index >= 15 is 0 Å². The Bertz CT molecular complexity index is 592. The van der Waals surface area contributed by atoms with E-state index in [1.807, 2.05) is 0 Å². The van der Waals surface area contributed by atoms with E-state index in [1.165, 1.54) is 17.0 Å². The highest BCUT2D eigenvalue weighted by molar-refractivity contribution is 7.73. The molecule has 0 spiro atoms. The molecule has 4 unspecified atom stereocenters. The zero-order chi connectivity index (χ0) is 14.2. The summed E-state index contributed by atoms with van der Waals surface area (Å²) in [4.78, 5) is 0. The average Bonchev–Trinajstić information content (AvgIpc) is 3.13. The van der Waals surface area contributed by atoms with Crippen LogP contribution in [0.1, 0.15) is 13.3 Å². The van der Waals surface area contributed by atoms with Crippen molar-refractivity contribution >= 4 is 18.5 Å². The van der Waals surface area contributed by atoms with Crippen molar-refractivity contribution < 1.29 is 0 Å². The van der Waals surface area contributed by atoms with Crippen molar-refractivity contribution in [2.45, 2.75) is 19.0 Å². The van der Waals surface area contributed by atoms with Gasteiger partial charge in [0.25, 0.3) is 0 Å². The molecule has 0 radical (unpaired) electrons. The summed E-state index contributed by atoms with van der Waals surface area (Å²) in [6, 6.07) is 22.4. The molecule has 2 aliphatic rings. The van der Waals surface area contributed by atoms with Crippen LogP contribution in [0.3, 0.4) is 0 Å². The second-order valence-electron chi connectivity index (χ2n) is 6.34. The van der Waals surface area contributed by atoms with Gasteiger partial charge in [-0.05, 0) is 48.4 Å². The fraction of sp³-hybridized carbons (Fsp3) is 0.300. The Kier molecular flexibility index (Phi) is 3.43. The monoisotopic (exact) mass is 292 g/mol. The third kappa shape index (κ3) is 2.27. The van der Waals surface area contributed by atoms with Gasteiger partial charge >= 0.3 is 0 Å². The lowest BCUT2D eigenvalue weighted by Gasteiger charge is -2.34. The summed E-state index contributed by atoms with van der Waals surface area (Å²) < 4.78 is 0. The first-order chi connectivity index (χ1) is 10.3. The summed E-state index contributed by atoms with van der Waals surface area (Å²) in [5.41, 5.74) is 0.805. The predicted molar refractivity (Wildman–Crippen MR) is 92.8 cm³/mol. The minimum absolute atomic E-state index is 0.257. The van der Waals surface area contributed by atoms with Crippen LogP contribution in [0.2, 0.25) is 0 Å². The fourth-order valence-corrected chi connectivity index (χ4v) is 7.41. The van der Waals surface area contributed by atoms with Gasteiger partial charge < -0.3 is 0 Å². The highest BCUT2D eigenvalue weighted by Gasteiger charge is 2.46. The number of rotatable bonds is 3. The highest BCUT2D eigenvalue weighted by Crippen LogP contribution is 2.57. The Morgan fingerprint density at radius 1 is 0.762 bits per heavy atom. The smallest absolute Gasteiger partial charge is 0.00344 e.